The fourth-order valence-corrected chi connectivity index (χ4v) is 1.75. The van der Waals surface area contributed by atoms with Gasteiger partial charge in [-0.15, -0.1) is 0 Å². The van der Waals surface area contributed by atoms with E-state index in [1.807, 2.05) is 37.3 Å². The van der Waals surface area contributed by atoms with Crippen LogP contribution in [0.15, 0.2) is 48.3 Å². The van der Waals surface area contributed by atoms with Crippen LogP contribution in [0.2, 0.25) is 0 Å². The molecule has 0 spiro atoms. The lowest BCUT2D eigenvalue weighted by atomic mass is 9.88. The Morgan fingerprint density at radius 1 is 1.19 bits per heavy atom. The number of amides is 2. The predicted molar refractivity (Wildman–Crippen MR) is 87.1 cm³/mol. The second-order valence-electron chi connectivity index (χ2n) is 6.06. The van der Waals surface area contributed by atoms with Gasteiger partial charge in [0.05, 0.1) is 11.2 Å². The maximum absolute atomic E-state index is 12.0. The number of nitrogens with one attached hydrogen (secondary N) is 2. The van der Waals surface area contributed by atoms with E-state index in [-0.39, 0.29) is 11.4 Å². The Hall–Kier alpha value is -2.36. The largest absolute Gasteiger partial charge is 0.323 e. The van der Waals surface area contributed by atoms with Crippen LogP contribution in [0, 0.1) is 5.41 Å². The molecule has 1 aromatic heterocycles. The van der Waals surface area contributed by atoms with E-state index in [0.29, 0.717) is 5.69 Å². The van der Waals surface area contributed by atoms with Crippen LogP contribution in [0.4, 0.5) is 10.5 Å². The second-order valence-corrected chi connectivity index (χ2v) is 6.06. The summed E-state index contributed by atoms with van der Waals surface area (Å²) in [5.41, 5.74) is 2.63. The van der Waals surface area contributed by atoms with Gasteiger partial charge in [-0.05, 0) is 24.5 Å². The Balaban J connectivity index is 2.12. The van der Waals surface area contributed by atoms with Crippen molar-refractivity contribution in [3.63, 3.8) is 0 Å². The molecule has 110 valence electrons. The van der Waals surface area contributed by atoms with Crippen molar-refractivity contribution in [1.82, 2.24) is 10.3 Å². The van der Waals surface area contributed by atoms with Gasteiger partial charge in [0.1, 0.15) is 0 Å². The number of pyridine rings is 1. The number of para-hydroxylation sites is 1. The number of hydrogen-bond acceptors (Lipinski definition) is 2. The number of aromatic nitrogens is 1. The zero-order valence-electron chi connectivity index (χ0n) is 12.9. The Kier molecular flexibility index (Phi) is 4.26. The highest BCUT2D eigenvalue weighted by molar-refractivity contribution is 5.99. The van der Waals surface area contributed by atoms with Crippen molar-refractivity contribution in [1.29, 1.82) is 0 Å². The first-order valence-corrected chi connectivity index (χ1v) is 6.96. The van der Waals surface area contributed by atoms with Crippen molar-refractivity contribution >= 4 is 22.6 Å². The molecule has 2 N–H and O–H groups in total. The molecule has 2 rings (SSSR count). The molecular weight excluding hydrogens is 262 g/mol. The number of anilines is 1. The van der Waals surface area contributed by atoms with Crippen molar-refractivity contribution in [2.24, 2.45) is 5.41 Å². The number of hydrogen-bond donors (Lipinski definition) is 2. The molecule has 0 atom stereocenters. The summed E-state index contributed by atoms with van der Waals surface area (Å²) in [5, 5.41) is 6.59. The molecule has 1 heterocycles. The summed E-state index contributed by atoms with van der Waals surface area (Å²) in [4.78, 5) is 16.3. The summed E-state index contributed by atoms with van der Waals surface area (Å²) in [5.74, 6) is 0. The molecule has 0 saturated heterocycles. The van der Waals surface area contributed by atoms with Crippen molar-refractivity contribution in [3.05, 3.63) is 48.3 Å². The molecule has 1 aromatic carbocycles. The van der Waals surface area contributed by atoms with Gasteiger partial charge in [-0.1, -0.05) is 44.5 Å². The quantitative estimate of drug-likeness (QED) is 0.863. The molecule has 0 aliphatic heterocycles. The fraction of sp³-hybridized carbons (Fsp3) is 0.294. The molecular formula is C17H21N3O. The maximum Gasteiger partial charge on any atom is 0.323 e. The topological polar surface area (TPSA) is 54.0 Å². The normalized spacial score (nSPS) is 12.3. The third-order valence-electron chi connectivity index (χ3n) is 3.48. The Morgan fingerprint density at radius 3 is 2.62 bits per heavy atom. The fourth-order valence-electron chi connectivity index (χ4n) is 1.75. The SMILES string of the molecule is C/C(=C\NC(=O)Nc1cccc2cccnc12)C(C)(C)C. The van der Waals surface area contributed by atoms with Gasteiger partial charge in [-0.3, -0.25) is 4.98 Å². The van der Waals surface area contributed by atoms with Crippen molar-refractivity contribution < 1.29 is 4.79 Å². The summed E-state index contributed by atoms with van der Waals surface area (Å²) < 4.78 is 0. The minimum Gasteiger partial charge on any atom is -0.314 e. The van der Waals surface area contributed by atoms with Crippen molar-refractivity contribution in [2.45, 2.75) is 27.7 Å². The molecule has 0 aliphatic carbocycles. The van der Waals surface area contributed by atoms with E-state index in [0.717, 1.165) is 16.5 Å². The van der Waals surface area contributed by atoms with Gasteiger partial charge in [0.2, 0.25) is 0 Å². The smallest absolute Gasteiger partial charge is 0.314 e. The number of allylic oxidation sites excluding steroid dienone is 1. The first kappa shape index (κ1) is 15.0. The Morgan fingerprint density at radius 2 is 1.90 bits per heavy atom. The molecule has 4 nitrogen and oxygen atoms in total. The van der Waals surface area contributed by atoms with Crippen LogP contribution in [0.5, 0.6) is 0 Å². The third-order valence-corrected chi connectivity index (χ3v) is 3.48. The van der Waals surface area contributed by atoms with Crippen molar-refractivity contribution in [2.75, 3.05) is 5.32 Å². The second kappa shape index (κ2) is 5.95. The van der Waals surface area contributed by atoms with E-state index in [1.54, 1.807) is 12.4 Å². The predicted octanol–water partition coefficient (Wildman–Crippen LogP) is 4.31. The number of rotatable bonds is 2. The minimum absolute atomic E-state index is 0.0360. The van der Waals surface area contributed by atoms with Crippen molar-refractivity contribution in [3.8, 4) is 0 Å². The highest BCUT2D eigenvalue weighted by Gasteiger charge is 2.12. The van der Waals surface area contributed by atoms with E-state index in [4.69, 9.17) is 0 Å². The van der Waals surface area contributed by atoms with Crippen LogP contribution in [0.1, 0.15) is 27.7 Å². The Labute approximate surface area is 125 Å². The minimum atomic E-state index is -0.267. The van der Waals surface area contributed by atoms with Gasteiger partial charge < -0.3 is 10.6 Å². The van der Waals surface area contributed by atoms with Crippen LogP contribution in [0.3, 0.4) is 0 Å². The lowest BCUT2D eigenvalue weighted by Gasteiger charge is -2.19. The molecule has 2 aromatic rings. The third kappa shape index (κ3) is 3.81. The number of fused-ring (bicyclic) bond motifs is 1. The first-order chi connectivity index (χ1) is 9.88. The van der Waals surface area contributed by atoms with E-state index < -0.39 is 0 Å². The van der Waals surface area contributed by atoms with Gasteiger partial charge in [-0.25, -0.2) is 4.79 Å². The van der Waals surface area contributed by atoms with E-state index in [9.17, 15) is 4.79 Å². The number of nitrogens with zero attached hydrogens (tertiary/aromatic N) is 1. The standard InChI is InChI=1S/C17H21N3O/c1-12(17(2,3)4)11-19-16(21)20-14-9-5-7-13-8-6-10-18-15(13)14/h5-11H,1-4H3,(H2,19,20,21)/b12-11+. The summed E-state index contributed by atoms with van der Waals surface area (Å²) in [6, 6.07) is 9.29. The highest BCUT2D eigenvalue weighted by atomic mass is 16.2. The van der Waals surface area contributed by atoms with Gasteiger partial charge in [0.15, 0.2) is 0 Å². The van der Waals surface area contributed by atoms with Crippen LogP contribution < -0.4 is 10.6 Å². The van der Waals surface area contributed by atoms with Gasteiger partial charge in [0.25, 0.3) is 0 Å². The van der Waals surface area contributed by atoms with Gasteiger partial charge in [0, 0.05) is 17.8 Å². The zero-order valence-corrected chi connectivity index (χ0v) is 12.9. The summed E-state index contributed by atoms with van der Waals surface area (Å²) in [6.07, 6.45) is 3.46. The van der Waals surface area contributed by atoms with E-state index in [1.165, 1.54) is 0 Å². The summed E-state index contributed by atoms with van der Waals surface area (Å²) in [7, 11) is 0. The van der Waals surface area contributed by atoms with Gasteiger partial charge in [-0.2, -0.15) is 0 Å². The monoisotopic (exact) mass is 283 g/mol. The molecule has 0 aliphatic rings. The molecule has 0 unspecified atom stereocenters. The molecule has 0 fully saturated rings. The lowest BCUT2D eigenvalue weighted by Crippen LogP contribution is -2.25. The molecule has 21 heavy (non-hydrogen) atoms. The maximum atomic E-state index is 12.0. The molecule has 0 radical (unpaired) electrons. The molecule has 0 saturated carbocycles. The van der Waals surface area contributed by atoms with Gasteiger partial charge >= 0.3 is 6.03 Å². The van der Waals surface area contributed by atoms with Crippen LogP contribution in [-0.4, -0.2) is 11.0 Å². The average molecular weight is 283 g/mol. The molecule has 4 heteroatoms. The highest BCUT2D eigenvalue weighted by Crippen LogP contribution is 2.23. The number of carbonyl (C=O) groups is 1. The van der Waals surface area contributed by atoms with E-state index >= 15 is 0 Å². The number of urea groups is 1. The molecule has 2 amide bonds. The Bertz CT molecular complexity index is 678. The van der Waals surface area contributed by atoms with Crippen LogP contribution in [-0.2, 0) is 0 Å². The van der Waals surface area contributed by atoms with Crippen LogP contribution >= 0.6 is 0 Å². The zero-order chi connectivity index (χ0) is 15.5. The summed E-state index contributed by atoms with van der Waals surface area (Å²) >= 11 is 0. The average Bonchev–Trinajstić information content (AvgIpc) is 2.44. The number of benzene rings is 1. The lowest BCUT2D eigenvalue weighted by molar-refractivity contribution is 0.255. The first-order valence-electron chi connectivity index (χ1n) is 6.96. The number of carbonyl (C=O) groups excluding carboxylic acids is 1. The molecule has 0 bridgehead atoms. The van der Waals surface area contributed by atoms with E-state index in [2.05, 4.69) is 36.4 Å². The van der Waals surface area contributed by atoms with Crippen LogP contribution in [0.25, 0.3) is 10.9 Å². The summed E-state index contributed by atoms with van der Waals surface area (Å²) in [6.45, 7) is 8.31.